The van der Waals surface area contributed by atoms with E-state index >= 15 is 0 Å². The number of ether oxygens (including phenoxy) is 1. The Kier molecular flexibility index (Phi) is 5.86. The highest BCUT2D eigenvalue weighted by Crippen LogP contribution is 2.32. The molecule has 1 saturated carbocycles. The van der Waals surface area contributed by atoms with Crippen molar-refractivity contribution in [1.82, 2.24) is 14.8 Å². The third-order valence-corrected chi connectivity index (χ3v) is 4.20. The Morgan fingerprint density at radius 3 is 2.86 bits per heavy atom. The maximum Gasteiger partial charge on any atom is 0.313 e. The van der Waals surface area contributed by atoms with Gasteiger partial charge in [-0.05, 0) is 19.3 Å². The number of hydrogen-bond donors (Lipinski definition) is 1. The van der Waals surface area contributed by atoms with Gasteiger partial charge in [-0.2, -0.15) is 0 Å². The van der Waals surface area contributed by atoms with E-state index in [9.17, 15) is 4.79 Å². The molecule has 21 heavy (non-hydrogen) atoms. The molecule has 7 nitrogen and oxygen atoms in total. The SMILES string of the molecule is CCCn1c(SCC(=O)O)nnc1N(CCOC)C1CC1. The quantitative estimate of drug-likeness (QED) is 0.655. The number of carboxylic acids is 1. The Morgan fingerprint density at radius 1 is 1.52 bits per heavy atom. The van der Waals surface area contributed by atoms with E-state index in [0.29, 0.717) is 17.8 Å². The van der Waals surface area contributed by atoms with Crippen LogP contribution in [0.25, 0.3) is 0 Å². The molecular formula is C13H22N4O3S. The predicted octanol–water partition coefficient (Wildman–Crippen LogP) is 1.48. The van der Waals surface area contributed by atoms with Gasteiger partial charge in [0, 0.05) is 26.2 Å². The largest absolute Gasteiger partial charge is 0.481 e. The highest BCUT2D eigenvalue weighted by atomic mass is 32.2. The number of methoxy groups -OCH3 is 1. The summed E-state index contributed by atoms with van der Waals surface area (Å²) in [7, 11) is 1.69. The maximum absolute atomic E-state index is 10.7. The van der Waals surface area contributed by atoms with Crippen LogP contribution < -0.4 is 4.90 Å². The second-order valence-electron chi connectivity index (χ2n) is 5.03. The van der Waals surface area contributed by atoms with Gasteiger partial charge in [0.15, 0.2) is 5.16 Å². The molecule has 2 rings (SSSR count). The third kappa shape index (κ3) is 4.34. The standard InChI is InChI=1S/C13H22N4O3S/c1-3-6-17-12(14-15-13(17)21-9-11(18)19)16(7-8-20-2)10-4-5-10/h10H,3-9H2,1-2H3,(H,18,19). The van der Waals surface area contributed by atoms with Gasteiger partial charge in [0.05, 0.1) is 12.4 Å². The van der Waals surface area contributed by atoms with Crippen molar-refractivity contribution in [2.24, 2.45) is 0 Å². The molecule has 8 heteroatoms. The zero-order chi connectivity index (χ0) is 15.2. The molecule has 0 atom stereocenters. The predicted molar refractivity (Wildman–Crippen MR) is 80.9 cm³/mol. The number of hydrogen-bond acceptors (Lipinski definition) is 6. The second-order valence-corrected chi connectivity index (χ2v) is 5.98. The van der Waals surface area contributed by atoms with Crippen LogP contribution in [-0.2, 0) is 16.1 Å². The van der Waals surface area contributed by atoms with Crippen molar-refractivity contribution < 1.29 is 14.6 Å². The van der Waals surface area contributed by atoms with Crippen molar-refractivity contribution in [2.45, 2.75) is 43.9 Å². The minimum atomic E-state index is -0.842. The number of aliphatic carboxylic acids is 1. The molecular weight excluding hydrogens is 292 g/mol. The zero-order valence-corrected chi connectivity index (χ0v) is 13.3. The first-order valence-electron chi connectivity index (χ1n) is 7.20. The summed E-state index contributed by atoms with van der Waals surface area (Å²) in [6.07, 6.45) is 3.29. The molecule has 0 spiro atoms. The summed E-state index contributed by atoms with van der Waals surface area (Å²) in [5, 5.41) is 18.0. The molecule has 1 heterocycles. The number of rotatable bonds is 10. The Hall–Kier alpha value is -1.28. The fourth-order valence-electron chi connectivity index (χ4n) is 2.17. The van der Waals surface area contributed by atoms with Crippen molar-refractivity contribution in [3.05, 3.63) is 0 Å². The molecule has 1 fully saturated rings. The molecule has 0 saturated heterocycles. The van der Waals surface area contributed by atoms with Gasteiger partial charge in [0.1, 0.15) is 0 Å². The highest BCUT2D eigenvalue weighted by Gasteiger charge is 2.32. The lowest BCUT2D eigenvalue weighted by Crippen LogP contribution is -2.32. The summed E-state index contributed by atoms with van der Waals surface area (Å²) < 4.78 is 7.20. The van der Waals surface area contributed by atoms with Crippen molar-refractivity contribution in [3.63, 3.8) is 0 Å². The van der Waals surface area contributed by atoms with Crippen LogP contribution in [-0.4, -0.2) is 57.9 Å². The number of anilines is 1. The van der Waals surface area contributed by atoms with Crippen LogP contribution in [0.5, 0.6) is 0 Å². The Bertz CT molecular complexity index is 476. The fraction of sp³-hybridized carbons (Fsp3) is 0.769. The molecule has 1 aromatic rings. The number of carbonyl (C=O) groups is 1. The number of carboxylic acid groups (broad SMARTS) is 1. The molecule has 0 unspecified atom stereocenters. The van der Waals surface area contributed by atoms with Gasteiger partial charge >= 0.3 is 5.97 Å². The van der Waals surface area contributed by atoms with Crippen LogP contribution in [0.4, 0.5) is 5.95 Å². The van der Waals surface area contributed by atoms with E-state index in [4.69, 9.17) is 9.84 Å². The normalized spacial score (nSPS) is 14.4. The van der Waals surface area contributed by atoms with Gasteiger partial charge in [-0.3, -0.25) is 9.36 Å². The first-order valence-corrected chi connectivity index (χ1v) is 8.19. The van der Waals surface area contributed by atoms with Crippen LogP contribution in [0.2, 0.25) is 0 Å². The molecule has 0 aromatic carbocycles. The molecule has 1 aliphatic carbocycles. The average molecular weight is 314 g/mol. The maximum atomic E-state index is 10.7. The van der Waals surface area contributed by atoms with Crippen LogP contribution in [0, 0.1) is 0 Å². The molecule has 1 aliphatic rings. The van der Waals surface area contributed by atoms with E-state index in [2.05, 4.69) is 22.0 Å². The summed E-state index contributed by atoms with van der Waals surface area (Å²) in [5.41, 5.74) is 0. The van der Waals surface area contributed by atoms with Crippen LogP contribution in [0.15, 0.2) is 5.16 Å². The number of aromatic nitrogens is 3. The van der Waals surface area contributed by atoms with Gasteiger partial charge in [-0.25, -0.2) is 0 Å². The van der Waals surface area contributed by atoms with Crippen molar-refractivity contribution in [2.75, 3.05) is 30.9 Å². The third-order valence-electron chi connectivity index (χ3n) is 3.25. The highest BCUT2D eigenvalue weighted by molar-refractivity contribution is 7.99. The van der Waals surface area contributed by atoms with E-state index in [-0.39, 0.29) is 5.75 Å². The lowest BCUT2D eigenvalue weighted by atomic mass is 10.4. The summed E-state index contributed by atoms with van der Waals surface area (Å²) in [4.78, 5) is 13.0. The minimum absolute atomic E-state index is 0.00332. The molecule has 0 bridgehead atoms. The lowest BCUT2D eigenvalue weighted by molar-refractivity contribution is -0.133. The molecule has 1 N–H and O–H groups in total. The fourth-order valence-corrected chi connectivity index (χ4v) is 2.85. The van der Waals surface area contributed by atoms with Gasteiger partial charge in [-0.15, -0.1) is 10.2 Å². The summed E-state index contributed by atoms with van der Waals surface area (Å²) in [5.74, 6) is -0.00101. The average Bonchev–Trinajstić information content (AvgIpc) is 3.21. The first kappa shape index (κ1) is 16.1. The van der Waals surface area contributed by atoms with Crippen LogP contribution in [0.3, 0.4) is 0 Å². The minimum Gasteiger partial charge on any atom is -0.481 e. The van der Waals surface area contributed by atoms with Gasteiger partial charge < -0.3 is 14.7 Å². The number of nitrogens with zero attached hydrogens (tertiary/aromatic N) is 4. The van der Waals surface area contributed by atoms with Gasteiger partial charge in [-0.1, -0.05) is 18.7 Å². The van der Waals surface area contributed by atoms with E-state index in [1.165, 1.54) is 24.6 Å². The van der Waals surface area contributed by atoms with Crippen molar-refractivity contribution >= 4 is 23.7 Å². The summed E-state index contributed by atoms with van der Waals surface area (Å²) in [6, 6.07) is 0.511. The van der Waals surface area contributed by atoms with Crippen molar-refractivity contribution in [3.8, 4) is 0 Å². The molecule has 0 amide bonds. The first-order chi connectivity index (χ1) is 10.2. The monoisotopic (exact) mass is 314 g/mol. The Balaban J connectivity index is 2.17. The topological polar surface area (TPSA) is 80.5 Å². The molecule has 0 aliphatic heterocycles. The lowest BCUT2D eigenvalue weighted by Gasteiger charge is -2.23. The number of thioether (sulfide) groups is 1. The van der Waals surface area contributed by atoms with Crippen LogP contribution in [0.1, 0.15) is 26.2 Å². The van der Waals surface area contributed by atoms with E-state index in [0.717, 1.165) is 25.5 Å². The van der Waals surface area contributed by atoms with Crippen molar-refractivity contribution in [1.29, 1.82) is 0 Å². The van der Waals surface area contributed by atoms with E-state index in [1.54, 1.807) is 7.11 Å². The van der Waals surface area contributed by atoms with Gasteiger partial charge in [0.2, 0.25) is 5.95 Å². The Labute approximate surface area is 128 Å². The summed E-state index contributed by atoms with van der Waals surface area (Å²) >= 11 is 1.22. The molecule has 118 valence electrons. The smallest absolute Gasteiger partial charge is 0.313 e. The van der Waals surface area contributed by atoms with E-state index in [1.807, 2.05) is 4.57 Å². The van der Waals surface area contributed by atoms with Crippen LogP contribution >= 0.6 is 11.8 Å². The Morgan fingerprint density at radius 2 is 2.29 bits per heavy atom. The van der Waals surface area contributed by atoms with Gasteiger partial charge in [0.25, 0.3) is 0 Å². The molecule has 1 aromatic heterocycles. The molecule has 0 radical (unpaired) electrons. The van der Waals surface area contributed by atoms with E-state index < -0.39 is 5.97 Å². The zero-order valence-electron chi connectivity index (χ0n) is 12.5. The summed E-state index contributed by atoms with van der Waals surface area (Å²) in [6.45, 7) is 4.31. The second kappa shape index (κ2) is 7.65.